The molecule has 1 saturated heterocycles. The van der Waals surface area contributed by atoms with E-state index < -0.39 is 0 Å². The summed E-state index contributed by atoms with van der Waals surface area (Å²) < 4.78 is 13.0. The van der Waals surface area contributed by atoms with Crippen molar-refractivity contribution in [3.63, 3.8) is 0 Å². The maximum atomic E-state index is 13.0. The monoisotopic (exact) mass is 296 g/mol. The van der Waals surface area contributed by atoms with Crippen LogP contribution in [0.4, 0.5) is 4.39 Å². The lowest BCUT2D eigenvalue weighted by atomic mass is 9.90. The molecule has 0 radical (unpaired) electrons. The second-order valence-electron chi connectivity index (χ2n) is 6.17. The van der Waals surface area contributed by atoms with Crippen molar-refractivity contribution in [3.05, 3.63) is 35.6 Å². The van der Waals surface area contributed by atoms with Crippen LogP contribution in [-0.2, 0) is 6.42 Å². The van der Waals surface area contributed by atoms with Gasteiger partial charge in [0.15, 0.2) is 0 Å². The van der Waals surface area contributed by atoms with Crippen LogP contribution in [0, 0.1) is 5.82 Å². The summed E-state index contributed by atoms with van der Waals surface area (Å²) in [4.78, 5) is 2.52. The molecule has 0 bridgehead atoms. The van der Waals surface area contributed by atoms with Crippen molar-refractivity contribution < 1.29 is 4.39 Å². The molecule has 0 aromatic heterocycles. The molecule has 3 atom stereocenters. The van der Waals surface area contributed by atoms with Crippen molar-refractivity contribution >= 4 is 11.8 Å². The van der Waals surface area contributed by atoms with Crippen LogP contribution in [-0.4, -0.2) is 40.6 Å². The molecule has 3 unspecified atom stereocenters. The summed E-state index contributed by atoms with van der Waals surface area (Å²) in [6.07, 6.45) is 0.869. The molecule has 1 aliphatic rings. The summed E-state index contributed by atoms with van der Waals surface area (Å²) in [6.45, 7) is 9.55. The van der Waals surface area contributed by atoms with Crippen molar-refractivity contribution in [1.29, 1.82) is 0 Å². The maximum Gasteiger partial charge on any atom is 0.123 e. The van der Waals surface area contributed by atoms with Crippen molar-refractivity contribution in [2.45, 2.75) is 43.2 Å². The van der Waals surface area contributed by atoms with E-state index in [4.69, 9.17) is 5.73 Å². The number of hydrogen-bond acceptors (Lipinski definition) is 3. The Balaban J connectivity index is 2.13. The highest BCUT2D eigenvalue weighted by Crippen LogP contribution is 2.31. The molecular formula is C16H25FN2S. The van der Waals surface area contributed by atoms with E-state index in [2.05, 4.69) is 25.7 Å². The number of nitrogens with zero attached hydrogens (tertiary/aromatic N) is 1. The van der Waals surface area contributed by atoms with E-state index in [0.717, 1.165) is 25.1 Å². The molecule has 20 heavy (non-hydrogen) atoms. The fourth-order valence-corrected chi connectivity index (χ4v) is 4.30. The Labute approximate surface area is 125 Å². The van der Waals surface area contributed by atoms with Gasteiger partial charge in [-0.05, 0) is 31.0 Å². The second kappa shape index (κ2) is 6.46. The number of benzene rings is 1. The number of thioether (sulfide) groups is 1. The van der Waals surface area contributed by atoms with E-state index in [9.17, 15) is 4.39 Å². The third kappa shape index (κ3) is 3.74. The van der Waals surface area contributed by atoms with Crippen LogP contribution < -0.4 is 5.73 Å². The standard InChI is InChI=1S/C16H25FN2S/c1-12-9-19(10-13(2)20-12)16(3,11-18)8-14-4-6-15(17)7-5-14/h4-7,12-13H,8-11,18H2,1-3H3. The molecule has 1 heterocycles. The van der Waals surface area contributed by atoms with Gasteiger partial charge in [0.05, 0.1) is 0 Å². The lowest BCUT2D eigenvalue weighted by Crippen LogP contribution is -2.58. The molecule has 2 rings (SSSR count). The SMILES string of the molecule is CC1CN(C(C)(CN)Cc2ccc(F)cc2)CC(C)S1. The fourth-order valence-electron chi connectivity index (χ4n) is 2.97. The molecule has 2 nitrogen and oxygen atoms in total. The van der Waals surface area contributed by atoms with Gasteiger partial charge in [-0.2, -0.15) is 11.8 Å². The highest BCUT2D eigenvalue weighted by atomic mass is 32.2. The first kappa shape index (κ1) is 15.8. The zero-order valence-electron chi connectivity index (χ0n) is 12.6. The minimum Gasteiger partial charge on any atom is -0.329 e. The first-order valence-corrected chi connectivity index (χ1v) is 8.22. The molecule has 112 valence electrons. The Bertz CT molecular complexity index is 427. The van der Waals surface area contributed by atoms with Crippen LogP contribution in [0.3, 0.4) is 0 Å². The van der Waals surface area contributed by atoms with Crippen LogP contribution in [0.25, 0.3) is 0 Å². The topological polar surface area (TPSA) is 29.3 Å². The highest BCUT2D eigenvalue weighted by molar-refractivity contribution is 8.00. The normalized spacial score (nSPS) is 27.2. The zero-order valence-corrected chi connectivity index (χ0v) is 13.4. The first-order valence-electron chi connectivity index (χ1n) is 7.28. The van der Waals surface area contributed by atoms with Crippen LogP contribution in [0.5, 0.6) is 0 Å². The lowest BCUT2D eigenvalue weighted by molar-refractivity contribution is 0.108. The molecule has 1 aromatic rings. The number of hydrogen-bond donors (Lipinski definition) is 1. The van der Waals surface area contributed by atoms with Crippen LogP contribution in [0.2, 0.25) is 0 Å². The Kier molecular flexibility index (Phi) is 5.10. The minimum absolute atomic E-state index is 0.0542. The molecule has 1 aromatic carbocycles. The predicted molar refractivity (Wildman–Crippen MR) is 85.7 cm³/mol. The Morgan fingerprint density at radius 1 is 1.25 bits per heavy atom. The van der Waals surface area contributed by atoms with Gasteiger partial charge in [0.1, 0.15) is 5.82 Å². The lowest BCUT2D eigenvalue weighted by Gasteiger charge is -2.46. The van der Waals surface area contributed by atoms with E-state index in [0.29, 0.717) is 17.0 Å². The molecule has 2 N–H and O–H groups in total. The molecule has 1 aliphatic heterocycles. The van der Waals surface area contributed by atoms with Crippen LogP contribution in [0.1, 0.15) is 26.3 Å². The smallest absolute Gasteiger partial charge is 0.123 e. The third-order valence-electron chi connectivity index (χ3n) is 4.12. The summed E-state index contributed by atoms with van der Waals surface area (Å²) in [7, 11) is 0. The van der Waals surface area contributed by atoms with Crippen molar-refractivity contribution in [3.8, 4) is 0 Å². The van der Waals surface area contributed by atoms with Gasteiger partial charge in [0, 0.05) is 35.7 Å². The van der Waals surface area contributed by atoms with Crippen LogP contribution >= 0.6 is 11.8 Å². The maximum absolute atomic E-state index is 13.0. The summed E-state index contributed by atoms with van der Waals surface area (Å²) >= 11 is 2.05. The molecule has 4 heteroatoms. The van der Waals surface area contributed by atoms with Crippen molar-refractivity contribution in [2.75, 3.05) is 19.6 Å². The Morgan fingerprint density at radius 2 is 1.80 bits per heavy atom. The van der Waals surface area contributed by atoms with Crippen molar-refractivity contribution in [1.82, 2.24) is 4.90 Å². The van der Waals surface area contributed by atoms with E-state index in [-0.39, 0.29) is 11.4 Å². The van der Waals surface area contributed by atoms with Gasteiger partial charge in [0.2, 0.25) is 0 Å². The summed E-state index contributed by atoms with van der Waals surface area (Å²) in [5, 5.41) is 1.27. The highest BCUT2D eigenvalue weighted by Gasteiger charge is 2.35. The van der Waals surface area contributed by atoms with E-state index in [1.54, 1.807) is 0 Å². The Morgan fingerprint density at radius 3 is 2.30 bits per heavy atom. The fraction of sp³-hybridized carbons (Fsp3) is 0.625. The molecule has 0 aliphatic carbocycles. The van der Waals surface area contributed by atoms with E-state index in [1.165, 1.54) is 12.1 Å². The van der Waals surface area contributed by atoms with Gasteiger partial charge in [-0.15, -0.1) is 0 Å². The molecular weight excluding hydrogens is 271 g/mol. The van der Waals surface area contributed by atoms with Gasteiger partial charge in [-0.3, -0.25) is 4.90 Å². The average Bonchev–Trinajstić information content (AvgIpc) is 2.40. The van der Waals surface area contributed by atoms with Gasteiger partial charge in [-0.25, -0.2) is 4.39 Å². The number of nitrogens with two attached hydrogens (primary N) is 1. The van der Waals surface area contributed by atoms with Gasteiger partial charge < -0.3 is 5.73 Å². The molecule has 0 amide bonds. The van der Waals surface area contributed by atoms with E-state index in [1.807, 2.05) is 23.9 Å². The zero-order chi connectivity index (χ0) is 14.8. The Hall–Kier alpha value is -0.580. The van der Waals surface area contributed by atoms with Crippen molar-refractivity contribution in [2.24, 2.45) is 5.73 Å². The molecule has 0 spiro atoms. The quantitative estimate of drug-likeness (QED) is 0.926. The third-order valence-corrected chi connectivity index (χ3v) is 5.35. The largest absolute Gasteiger partial charge is 0.329 e. The van der Waals surface area contributed by atoms with Gasteiger partial charge >= 0.3 is 0 Å². The average molecular weight is 296 g/mol. The summed E-state index contributed by atoms with van der Waals surface area (Å²) in [6, 6.07) is 6.80. The summed E-state index contributed by atoms with van der Waals surface area (Å²) in [5.74, 6) is -0.181. The minimum atomic E-state index is -0.181. The predicted octanol–water partition coefficient (Wildman–Crippen LogP) is 2.91. The number of halogens is 1. The second-order valence-corrected chi connectivity index (χ2v) is 8.05. The van der Waals surface area contributed by atoms with E-state index >= 15 is 0 Å². The first-order chi connectivity index (χ1) is 9.43. The summed E-state index contributed by atoms with van der Waals surface area (Å²) in [5.41, 5.74) is 7.18. The molecule has 1 fully saturated rings. The van der Waals surface area contributed by atoms with Gasteiger partial charge in [-0.1, -0.05) is 26.0 Å². The molecule has 0 saturated carbocycles. The van der Waals surface area contributed by atoms with Crippen LogP contribution in [0.15, 0.2) is 24.3 Å². The van der Waals surface area contributed by atoms with Gasteiger partial charge in [0.25, 0.3) is 0 Å². The number of rotatable bonds is 4.